The van der Waals surface area contributed by atoms with E-state index in [1.807, 2.05) is 36.4 Å². The van der Waals surface area contributed by atoms with Crippen LogP contribution >= 0.6 is 0 Å². The van der Waals surface area contributed by atoms with Crippen molar-refractivity contribution in [2.75, 3.05) is 18.7 Å². The zero-order valence-electron chi connectivity index (χ0n) is 17.7. The van der Waals surface area contributed by atoms with E-state index >= 15 is 0 Å². The second kappa shape index (κ2) is 8.70. The number of aryl methyl sites for hydroxylation is 3. The molecule has 0 saturated carbocycles. The van der Waals surface area contributed by atoms with Crippen LogP contribution in [0.1, 0.15) is 22.3 Å². The van der Waals surface area contributed by atoms with Crippen LogP contribution in [-0.4, -0.2) is 17.6 Å². The van der Waals surface area contributed by atoms with E-state index in [0.717, 1.165) is 5.69 Å². The summed E-state index contributed by atoms with van der Waals surface area (Å²) in [5, 5.41) is 3.48. The van der Waals surface area contributed by atoms with Crippen molar-refractivity contribution < 1.29 is 8.95 Å². The third-order valence-corrected chi connectivity index (χ3v) is 6.65. The molecule has 0 aliphatic heterocycles. The first-order chi connectivity index (χ1) is 13.8. The highest BCUT2D eigenvalue weighted by Crippen LogP contribution is 2.31. The summed E-state index contributed by atoms with van der Waals surface area (Å²) in [7, 11) is -1.09. The highest BCUT2D eigenvalue weighted by molar-refractivity contribution is 7.93. The number of ether oxygens (including phenoxy) is 1. The molecule has 3 rings (SSSR count). The molecule has 1 unspecified atom stereocenters. The van der Waals surface area contributed by atoms with Crippen molar-refractivity contribution in [1.82, 2.24) is 0 Å². The quantitative estimate of drug-likeness (QED) is 0.542. The average molecular weight is 409 g/mol. The highest BCUT2D eigenvalue weighted by atomic mass is 32.2. The number of hydrogen-bond donors (Lipinski definition) is 1. The molecule has 152 valence electrons. The number of anilines is 1. The minimum Gasteiger partial charge on any atom is -0.495 e. The van der Waals surface area contributed by atoms with Crippen LogP contribution in [0.25, 0.3) is 0 Å². The fourth-order valence-corrected chi connectivity index (χ4v) is 5.03. The van der Waals surface area contributed by atoms with Crippen molar-refractivity contribution in [2.45, 2.75) is 32.2 Å². The standard InChI is InChI=1S/C24H28N2O2S/c1-17-14-18(2)20(19(3)15-17)16-25-21-10-6-7-11-22(21)26-29(5,27)24-13-9-8-12-23(24)28-4/h6-15,25H,16H2,1-5H3. The van der Waals surface area contributed by atoms with Gasteiger partial charge in [-0.2, -0.15) is 4.36 Å². The molecular formula is C24H28N2O2S. The molecule has 0 amide bonds. The summed E-state index contributed by atoms with van der Waals surface area (Å²) < 4.78 is 23.4. The van der Waals surface area contributed by atoms with Gasteiger partial charge in [0.25, 0.3) is 0 Å². The van der Waals surface area contributed by atoms with Crippen molar-refractivity contribution in [3.8, 4) is 5.75 Å². The van der Waals surface area contributed by atoms with E-state index in [1.54, 1.807) is 25.5 Å². The van der Waals surface area contributed by atoms with Gasteiger partial charge in [-0.05, 0) is 61.7 Å². The maximum absolute atomic E-state index is 13.4. The Morgan fingerprint density at radius 3 is 2.28 bits per heavy atom. The van der Waals surface area contributed by atoms with E-state index in [1.165, 1.54) is 22.3 Å². The number of nitrogens with zero attached hydrogens (tertiary/aromatic N) is 1. The predicted octanol–water partition coefficient (Wildman–Crippen LogP) is 6.02. The molecule has 0 aliphatic carbocycles. The second-order valence-corrected chi connectivity index (χ2v) is 9.52. The fourth-order valence-electron chi connectivity index (χ4n) is 3.54. The maximum Gasteiger partial charge on any atom is 0.135 e. The first-order valence-electron chi connectivity index (χ1n) is 9.56. The van der Waals surface area contributed by atoms with Gasteiger partial charge < -0.3 is 10.1 Å². The zero-order chi connectivity index (χ0) is 21.0. The number of methoxy groups -OCH3 is 1. The van der Waals surface area contributed by atoms with Gasteiger partial charge in [-0.1, -0.05) is 42.0 Å². The Morgan fingerprint density at radius 1 is 0.966 bits per heavy atom. The lowest BCUT2D eigenvalue weighted by Gasteiger charge is -2.15. The topological polar surface area (TPSA) is 50.7 Å². The van der Waals surface area contributed by atoms with E-state index in [4.69, 9.17) is 4.74 Å². The fraction of sp³-hybridized carbons (Fsp3) is 0.250. The summed E-state index contributed by atoms with van der Waals surface area (Å²) >= 11 is 0. The molecule has 3 aromatic carbocycles. The second-order valence-electron chi connectivity index (χ2n) is 7.29. The van der Waals surface area contributed by atoms with Gasteiger partial charge in [-0.15, -0.1) is 0 Å². The molecule has 5 heteroatoms. The summed E-state index contributed by atoms with van der Waals surface area (Å²) in [6, 6.07) is 19.4. The Balaban J connectivity index is 1.96. The van der Waals surface area contributed by atoms with Crippen molar-refractivity contribution in [1.29, 1.82) is 0 Å². The number of rotatable bonds is 6. The SMILES string of the molecule is COc1ccccc1S(C)(=O)=Nc1ccccc1NCc1c(C)cc(C)cc1C. The van der Waals surface area contributed by atoms with E-state index in [-0.39, 0.29) is 0 Å². The Morgan fingerprint density at radius 2 is 1.59 bits per heavy atom. The van der Waals surface area contributed by atoms with Gasteiger partial charge in [0.2, 0.25) is 0 Å². The third kappa shape index (κ3) is 4.80. The van der Waals surface area contributed by atoms with Gasteiger partial charge in [0.1, 0.15) is 5.75 Å². The number of nitrogens with one attached hydrogen (secondary N) is 1. The molecule has 3 aromatic rings. The predicted molar refractivity (Wildman–Crippen MR) is 122 cm³/mol. The molecule has 0 aromatic heterocycles. The normalized spacial score (nSPS) is 12.9. The van der Waals surface area contributed by atoms with Crippen molar-refractivity contribution in [2.24, 2.45) is 4.36 Å². The van der Waals surface area contributed by atoms with Gasteiger partial charge in [0, 0.05) is 12.8 Å². The molecule has 0 radical (unpaired) electrons. The Bertz CT molecular complexity index is 1120. The smallest absolute Gasteiger partial charge is 0.135 e. The summed E-state index contributed by atoms with van der Waals surface area (Å²) in [6.07, 6.45) is 1.65. The van der Waals surface area contributed by atoms with Crippen LogP contribution in [0.3, 0.4) is 0 Å². The third-order valence-electron chi connectivity index (χ3n) is 4.95. The van der Waals surface area contributed by atoms with E-state index in [2.05, 4.69) is 42.6 Å². The monoisotopic (exact) mass is 408 g/mol. The van der Waals surface area contributed by atoms with Gasteiger partial charge in [0.15, 0.2) is 0 Å². The van der Waals surface area contributed by atoms with Crippen LogP contribution in [0.5, 0.6) is 5.75 Å². The molecule has 0 heterocycles. The van der Waals surface area contributed by atoms with Crippen molar-refractivity contribution in [3.63, 3.8) is 0 Å². The Kier molecular flexibility index (Phi) is 6.28. The zero-order valence-corrected chi connectivity index (χ0v) is 18.5. The minimum absolute atomic E-state index is 0.583. The molecule has 29 heavy (non-hydrogen) atoms. The Hall–Kier alpha value is -2.79. The summed E-state index contributed by atoms with van der Waals surface area (Å²) in [4.78, 5) is 0.600. The van der Waals surface area contributed by atoms with Crippen LogP contribution in [0.4, 0.5) is 11.4 Å². The van der Waals surface area contributed by atoms with Gasteiger partial charge >= 0.3 is 0 Å². The molecule has 4 nitrogen and oxygen atoms in total. The molecule has 0 aliphatic rings. The van der Waals surface area contributed by atoms with Gasteiger partial charge in [-0.25, -0.2) is 4.21 Å². The van der Waals surface area contributed by atoms with E-state index in [0.29, 0.717) is 22.9 Å². The molecule has 0 bridgehead atoms. The number of para-hydroxylation sites is 2. The largest absolute Gasteiger partial charge is 0.495 e. The molecule has 0 saturated heterocycles. The number of benzene rings is 3. The lowest BCUT2D eigenvalue weighted by molar-refractivity contribution is 0.404. The minimum atomic E-state index is -2.67. The van der Waals surface area contributed by atoms with Gasteiger partial charge in [0.05, 0.1) is 33.1 Å². The molecule has 0 fully saturated rings. The first kappa shape index (κ1) is 20.9. The van der Waals surface area contributed by atoms with Crippen LogP contribution in [-0.2, 0) is 16.3 Å². The lowest BCUT2D eigenvalue weighted by Crippen LogP contribution is -2.05. The lowest BCUT2D eigenvalue weighted by atomic mass is 10.00. The molecular weight excluding hydrogens is 380 g/mol. The van der Waals surface area contributed by atoms with E-state index in [9.17, 15) is 4.21 Å². The van der Waals surface area contributed by atoms with E-state index < -0.39 is 9.73 Å². The van der Waals surface area contributed by atoms with Crippen LogP contribution in [0.15, 0.2) is 69.9 Å². The molecule has 1 N–H and O–H groups in total. The summed E-state index contributed by atoms with van der Waals surface area (Å²) in [6.45, 7) is 7.06. The highest BCUT2D eigenvalue weighted by Gasteiger charge is 2.14. The summed E-state index contributed by atoms with van der Waals surface area (Å²) in [5.74, 6) is 0.583. The molecule has 1 atom stereocenters. The van der Waals surface area contributed by atoms with Crippen LogP contribution in [0, 0.1) is 20.8 Å². The van der Waals surface area contributed by atoms with Crippen molar-refractivity contribution in [3.05, 3.63) is 82.9 Å². The average Bonchev–Trinajstić information content (AvgIpc) is 2.68. The van der Waals surface area contributed by atoms with Crippen LogP contribution in [0.2, 0.25) is 0 Å². The molecule has 0 spiro atoms. The van der Waals surface area contributed by atoms with Crippen molar-refractivity contribution >= 4 is 21.1 Å². The number of hydrogen-bond acceptors (Lipinski definition) is 4. The Labute approximate surface area is 174 Å². The first-order valence-corrected chi connectivity index (χ1v) is 11.5. The summed E-state index contributed by atoms with van der Waals surface area (Å²) in [5.41, 5.74) is 6.59. The van der Waals surface area contributed by atoms with Crippen LogP contribution < -0.4 is 10.1 Å². The van der Waals surface area contributed by atoms with Gasteiger partial charge in [-0.3, -0.25) is 0 Å². The maximum atomic E-state index is 13.4.